The third-order valence-electron chi connectivity index (χ3n) is 6.49. The van der Waals surface area contributed by atoms with Gasteiger partial charge in [-0.25, -0.2) is 4.79 Å². The molecule has 3 N–H and O–H groups in total. The number of carbonyl (C=O) groups is 2. The van der Waals surface area contributed by atoms with E-state index in [9.17, 15) is 14.7 Å². The van der Waals surface area contributed by atoms with Crippen molar-refractivity contribution in [1.82, 2.24) is 9.80 Å². The van der Waals surface area contributed by atoms with Crippen LogP contribution in [0.1, 0.15) is 12.0 Å². The maximum absolute atomic E-state index is 13.4. The predicted molar refractivity (Wildman–Crippen MR) is 142 cm³/mol. The van der Waals surface area contributed by atoms with Gasteiger partial charge in [0.15, 0.2) is 0 Å². The first-order valence-electron chi connectivity index (χ1n) is 12.2. The van der Waals surface area contributed by atoms with Crippen molar-refractivity contribution in [2.75, 3.05) is 69.0 Å². The number of aliphatic hydroxyl groups is 1. The summed E-state index contributed by atoms with van der Waals surface area (Å²) in [5.74, 6) is -0.317. The average molecular weight is 516 g/mol. The molecule has 0 unspecified atom stereocenters. The highest BCUT2D eigenvalue weighted by molar-refractivity contribution is 6.30. The van der Waals surface area contributed by atoms with Crippen LogP contribution in [0.15, 0.2) is 42.5 Å². The molecule has 3 amide bonds. The number of halogens is 1. The average Bonchev–Trinajstić information content (AvgIpc) is 3.27. The molecule has 2 heterocycles. The molecule has 0 aromatic heterocycles. The van der Waals surface area contributed by atoms with Crippen LogP contribution in [0, 0.1) is 0 Å². The molecule has 0 spiro atoms. The lowest BCUT2D eigenvalue weighted by Crippen LogP contribution is -2.45. The Balaban J connectivity index is 1.49. The Morgan fingerprint density at radius 3 is 2.53 bits per heavy atom. The fraction of sp³-hybridized carbons (Fsp3) is 0.462. The van der Waals surface area contributed by atoms with Crippen LogP contribution >= 0.6 is 11.6 Å². The van der Waals surface area contributed by atoms with Crippen LogP contribution < -0.4 is 15.5 Å². The van der Waals surface area contributed by atoms with Crippen LogP contribution in [0.4, 0.5) is 21.9 Å². The number of hydrogen-bond donors (Lipinski definition) is 3. The molecule has 2 aliphatic heterocycles. The number of likely N-dealkylation sites (N-methyl/N-ethyl adjacent to an activating group) is 1. The number of aliphatic hydroxyl groups excluding tert-OH is 1. The number of rotatable bonds is 7. The van der Waals surface area contributed by atoms with Gasteiger partial charge in [-0.15, -0.1) is 0 Å². The largest absolute Gasteiger partial charge is 0.391 e. The van der Waals surface area contributed by atoms with Crippen molar-refractivity contribution in [3.63, 3.8) is 0 Å². The van der Waals surface area contributed by atoms with Gasteiger partial charge in [-0.1, -0.05) is 11.6 Å². The van der Waals surface area contributed by atoms with Crippen molar-refractivity contribution < 1.29 is 19.4 Å². The Labute approximate surface area is 216 Å². The van der Waals surface area contributed by atoms with Gasteiger partial charge in [0.05, 0.1) is 19.3 Å². The monoisotopic (exact) mass is 515 g/mol. The number of ether oxygens (including phenoxy) is 1. The minimum atomic E-state index is -0.784. The van der Waals surface area contributed by atoms with E-state index in [1.165, 1.54) is 4.90 Å². The molecule has 194 valence electrons. The van der Waals surface area contributed by atoms with Crippen LogP contribution in [-0.2, 0) is 16.0 Å². The fourth-order valence-electron chi connectivity index (χ4n) is 4.50. The fourth-order valence-corrected chi connectivity index (χ4v) is 4.63. The Bertz CT molecular complexity index is 1060. The summed E-state index contributed by atoms with van der Waals surface area (Å²) in [7, 11) is 4.03. The lowest BCUT2D eigenvalue weighted by Gasteiger charge is -2.30. The zero-order valence-electron chi connectivity index (χ0n) is 20.7. The Morgan fingerprint density at radius 1 is 1.11 bits per heavy atom. The van der Waals surface area contributed by atoms with Crippen molar-refractivity contribution in [2.45, 2.75) is 25.0 Å². The number of amides is 3. The molecule has 36 heavy (non-hydrogen) atoms. The zero-order valence-corrected chi connectivity index (χ0v) is 21.5. The number of nitrogens with one attached hydrogen (secondary N) is 2. The van der Waals surface area contributed by atoms with Gasteiger partial charge in [0.2, 0.25) is 5.91 Å². The topological polar surface area (TPSA) is 97.4 Å². The molecule has 4 rings (SSSR count). The summed E-state index contributed by atoms with van der Waals surface area (Å²) < 4.78 is 5.48. The summed E-state index contributed by atoms with van der Waals surface area (Å²) in [5.41, 5.74) is 3.41. The first-order valence-corrected chi connectivity index (χ1v) is 12.6. The standard InChI is InChI=1S/C26H34ClN5O4/c1-30(2)10-9-18-15-21(31-11-13-36-14-12-31)7-8-23(18)29-25(34)24-16-22(33)17-32(24)26(35)28-20-5-3-19(27)4-6-20/h3-8,15,22,24,33H,9-14,16-17H2,1-2H3,(H,28,35)(H,29,34)/t22-,24-/m1/s1. The number of likely N-dealkylation sites (tertiary alicyclic amines) is 1. The van der Waals surface area contributed by atoms with Crippen LogP contribution in [0.2, 0.25) is 5.02 Å². The van der Waals surface area contributed by atoms with E-state index in [1.54, 1.807) is 24.3 Å². The molecular weight excluding hydrogens is 482 g/mol. The molecule has 0 saturated carbocycles. The van der Waals surface area contributed by atoms with Crippen molar-refractivity contribution in [3.8, 4) is 0 Å². The van der Waals surface area contributed by atoms with Crippen molar-refractivity contribution >= 4 is 40.6 Å². The highest BCUT2D eigenvalue weighted by atomic mass is 35.5. The highest BCUT2D eigenvalue weighted by Gasteiger charge is 2.39. The molecule has 2 fully saturated rings. The van der Waals surface area contributed by atoms with E-state index in [-0.39, 0.29) is 18.9 Å². The SMILES string of the molecule is CN(C)CCc1cc(N2CCOCC2)ccc1NC(=O)[C@H]1C[C@@H](O)CN1C(=O)Nc1ccc(Cl)cc1. The summed E-state index contributed by atoms with van der Waals surface area (Å²) in [5, 5.41) is 16.7. The summed E-state index contributed by atoms with van der Waals surface area (Å²) in [6.07, 6.45) is 0.168. The third-order valence-corrected chi connectivity index (χ3v) is 6.74. The highest BCUT2D eigenvalue weighted by Crippen LogP contribution is 2.27. The molecule has 2 aromatic rings. The molecular formula is C26H34ClN5O4. The molecule has 2 saturated heterocycles. The van der Waals surface area contributed by atoms with Gasteiger partial charge < -0.3 is 35.2 Å². The Morgan fingerprint density at radius 2 is 1.83 bits per heavy atom. The first-order chi connectivity index (χ1) is 17.3. The van der Waals surface area contributed by atoms with E-state index in [1.807, 2.05) is 26.2 Å². The van der Waals surface area contributed by atoms with Gasteiger partial charge in [-0.05, 0) is 68.5 Å². The second-order valence-electron chi connectivity index (χ2n) is 9.48. The summed E-state index contributed by atoms with van der Waals surface area (Å²) in [4.78, 5) is 32.1. The molecule has 0 bridgehead atoms. The van der Waals surface area contributed by atoms with Gasteiger partial charge in [0, 0.05) is 54.7 Å². The van der Waals surface area contributed by atoms with E-state index in [2.05, 4.69) is 26.5 Å². The van der Waals surface area contributed by atoms with Crippen molar-refractivity contribution in [2.24, 2.45) is 0 Å². The van der Waals surface area contributed by atoms with Gasteiger partial charge >= 0.3 is 6.03 Å². The van der Waals surface area contributed by atoms with Crippen molar-refractivity contribution in [1.29, 1.82) is 0 Å². The number of urea groups is 1. The number of morpholine rings is 1. The summed E-state index contributed by atoms with van der Waals surface area (Å²) >= 11 is 5.92. The number of carbonyl (C=O) groups excluding carboxylic acids is 2. The molecule has 0 aliphatic carbocycles. The number of hydrogen-bond acceptors (Lipinski definition) is 6. The van der Waals surface area contributed by atoms with E-state index < -0.39 is 18.2 Å². The van der Waals surface area contributed by atoms with Gasteiger partial charge in [0.25, 0.3) is 0 Å². The van der Waals surface area contributed by atoms with E-state index in [0.29, 0.717) is 23.9 Å². The molecule has 9 nitrogen and oxygen atoms in total. The summed E-state index contributed by atoms with van der Waals surface area (Å²) in [6.45, 7) is 3.97. The molecule has 2 aromatic carbocycles. The number of β-amino-alcohol motifs (C(OH)–C–C–N with tert-alkyl or cyclic N) is 1. The normalized spacial score (nSPS) is 20.0. The van der Waals surface area contributed by atoms with Crippen LogP contribution in [0.3, 0.4) is 0 Å². The number of benzene rings is 2. The lowest BCUT2D eigenvalue weighted by molar-refractivity contribution is -0.119. The van der Waals surface area contributed by atoms with Gasteiger partial charge in [-0.3, -0.25) is 4.79 Å². The zero-order chi connectivity index (χ0) is 25.7. The number of anilines is 3. The Hall–Kier alpha value is -2.85. The quantitative estimate of drug-likeness (QED) is 0.524. The van der Waals surface area contributed by atoms with E-state index >= 15 is 0 Å². The van der Waals surface area contributed by atoms with Gasteiger partial charge in [0.1, 0.15) is 6.04 Å². The first kappa shape index (κ1) is 26.2. The molecule has 2 atom stereocenters. The molecule has 0 radical (unpaired) electrons. The number of nitrogens with zero attached hydrogens (tertiary/aromatic N) is 3. The second-order valence-corrected chi connectivity index (χ2v) is 9.91. The van der Waals surface area contributed by atoms with Crippen LogP contribution in [0.25, 0.3) is 0 Å². The third kappa shape index (κ3) is 6.67. The summed E-state index contributed by atoms with van der Waals surface area (Å²) in [6, 6.07) is 11.6. The van der Waals surface area contributed by atoms with Gasteiger partial charge in [-0.2, -0.15) is 0 Å². The minimum Gasteiger partial charge on any atom is -0.391 e. The smallest absolute Gasteiger partial charge is 0.322 e. The maximum atomic E-state index is 13.4. The molecule has 10 heteroatoms. The van der Waals surface area contributed by atoms with Crippen LogP contribution in [0.5, 0.6) is 0 Å². The minimum absolute atomic E-state index is 0.0843. The molecule has 2 aliphatic rings. The Kier molecular flexibility index (Phi) is 8.68. The second kappa shape index (κ2) is 11.9. The lowest BCUT2D eigenvalue weighted by atomic mass is 10.1. The van der Waals surface area contributed by atoms with E-state index in [0.717, 1.165) is 43.0 Å². The predicted octanol–water partition coefficient (Wildman–Crippen LogP) is 2.89. The van der Waals surface area contributed by atoms with Crippen molar-refractivity contribution in [3.05, 3.63) is 53.1 Å². The maximum Gasteiger partial charge on any atom is 0.322 e. The van der Waals surface area contributed by atoms with Crippen LogP contribution in [-0.4, -0.2) is 92.5 Å². The van der Waals surface area contributed by atoms with E-state index in [4.69, 9.17) is 16.3 Å².